The van der Waals surface area contributed by atoms with E-state index in [1.807, 2.05) is 17.9 Å². The summed E-state index contributed by atoms with van der Waals surface area (Å²) < 4.78 is 0. The van der Waals surface area contributed by atoms with Crippen LogP contribution in [0.4, 0.5) is 0 Å². The van der Waals surface area contributed by atoms with E-state index in [0.717, 1.165) is 31.4 Å². The highest BCUT2D eigenvalue weighted by Gasteiger charge is 2.29. The molecule has 0 radical (unpaired) electrons. The highest BCUT2D eigenvalue weighted by atomic mass is 16.2. The van der Waals surface area contributed by atoms with Gasteiger partial charge >= 0.3 is 0 Å². The fourth-order valence-corrected chi connectivity index (χ4v) is 3.02. The Balaban J connectivity index is 1.54. The number of nitrogens with zero attached hydrogens (tertiary/aromatic N) is 4. The minimum absolute atomic E-state index is 0.0368. The molecule has 1 N–H and O–H groups in total. The monoisotopic (exact) mass is 339 g/mol. The Morgan fingerprint density at radius 2 is 2.04 bits per heavy atom. The smallest absolute Gasteiger partial charge is 0.272 e. The molecule has 3 heterocycles. The van der Waals surface area contributed by atoms with Gasteiger partial charge in [0.1, 0.15) is 12.0 Å². The van der Waals surface area contributed by atoms with Crippen LogP contribution in [0.25, 0.3) is 0 Å². The van der Waals surface area contributed by atoms with E-state index in [2.05, 4.69) is 20.3 Å². The number of likely N-dealkylation sites (tertiary alicyclic amines) is 1. The van der Waals surface area contributed by atoms with Gasteiger partial charge in [0.15, 0.2) is 0 Å². The number of carbonyl (C=O) groups excluding carboxylic acids is 2. The third-order valence-corrected chi connectivity index (χ3v) is 4.35. The first-order valence-corrected chi connectivity index (χ1v) is 8.42. The van der Waals surface area contributed by atoms with Crippen LogP contribution >= 0.6 is 0 Å². The lowest BCUT2D eigenvalue weighted by Gasteiger charge is -2.24. The minimum Gasteiger partial charge on any atom is -0.352 e. The van der Waals surface area contributed by atoms with Crippen LogP contribution in [-0.2, 0) is 0 Å². The second kappa shape index (κ2) is 7.83. The molecule has 7 heteroatoms. The summed E-state index contributed by atoms with van der Waals surface area (Å²) in [5.74, 6) is -0.234. The molecule has 7 nitrogen and oxygen atoms in total. The summed E-state index contributed by atoms with van der Waals surface area (Å²) in [7, 11) is 0. The molecular formula is C18H21N5O2. The Hall–Kier alpha value is -2.83. The van der Waals surface area contributed by atoms with E-state index >= 15 is 0 Å². The first-order valence-electron chi connectivity index (χ1n) is 8.42. The van der Waals surface area contributed by atoms with Crippen LogP contribution in [0, 0.1) is 6.92 Å². The zero-order valence-corrected chi connectivity index (χ0v) is 14.2. The van der Waals surface area contributed by atoms with Crippen LogP contribution in [0.15, 0.2) is 37.1 Å². The summed E-state index contributed by atoms with van der Waals surface area (Å²) in [6.45, 7) is 3.18. The number of nitrogens with one attached hydrogen (secondary N) is 1. The quantitative estimate of drug-likeness (QED) is 0.894. The number of aromatic nitrogens is 3. The van der Waals surface area contributed by atoms with E-state index in [4.69, 9.17) is 0 Å². The molecule has 1 fully saturated rings. The predicted octanol–water partition coefficient (Wildman–Crippen LogP) is 1.60. The van der Waals surface area contributed by atoms with Gasteiger partial charge in [-0.2, -0.15) is 0 Å². The summed E-state index contributed by atoms with van der Waals surface area (Å²) in [6.07, 6.45) is 8.70. The Bertz CT molecular complexity index is 733. The molecule has 0 bridgehead atoms. The minimum atomic E-state index is -0.198. The van der Waals surface area contributed by atoms with Gasteiger partial charge in [0.25, 0.3) is 11.8 Å². The van der Waals surface area contributed by atoms with Crippen molar-refractivity contribution in [3.63, 3.8) is 0 Å². The van der Waals surface area contributed by atoms with E-state index in [1.165, 1.54) is 18.7 Å². The van der Waals surface area contributed by atoms with Crippen LogP contribution in [0.2, 0.25) is 0 Å². The molecule has 0 spiro atoms. The topological polar surface area (TPSA) is 88.1 Å². The van der Waals surface area contributed by atoms with E-state index < -0.39 is 0 Å². The number of hydrogen-bond donors (Lipinski definition) is 1. The molecule has 1 saturated heterocycles. The molecule has 2 aromatic rings. The van der Waals surface area contributed by atoms with Crippen molar-refractivity contribution in [2.24, 2.45) is 0 Å². The molecule has 2 aromatic heterocycles. The van der Waals surface area contributed by atoms with Gasteiger partial charge in [-0.15, -0.1) is 0 Å². The second-order valence-electron chi connectivity index (χ2n) is 6.19. The lowest BCUT2D eigenvalue weighted by Crippen LogP contribution is -2.38. The molecular weight excluding hydrogens is 318 g/mol. The fraction of sp³-hybridized carbons (Fsp3) is 0.389. The van der Waals surface area contributed by atoms with Crippen molar-refractivity contribution in [3.8, 4) is 0 Å². The summed E-state index contributed by atoms with van der Waals surface area (Å²) in [5.41, 5.74) is 1.94. The van der Waals surface area contributed by atoms with Gasteiger partial charge < -0.3 is 10.2 Å². The number of pyridine rings is 1. The number of carbonyl (C=O) groups is 2. The predicted molar refractivity (Wildman–Crippen MR) is 92.0 cm³/mol. The Morgan fingerprint density at radius 1 is 1.24 bits per heavy atom. The summed E-state index contributed by atoms with van der Waals surface area (Å²) in [4.78, 5) is 38.4. The van der Waals surface area contributed by atoms with E-state index in [1.54, 1.807) is 12.3 Å². The number of rotatable bonds is 5. The molecule has 130 valence electrons. The van der Waals surface area contributed by atoms with Crippen molar-refractivity contribution in [3.05, 3.63) is 53.9 Å². The summed E-state index contributed by atoms with van der Waals surface area (Å²) in [6, 6.07) is 3.79. The molecule has 1 atom stereocenters. The number of aryl methyl sites for hydroxylation is 1. The standard InChI is InChI=1S/C18H21N5O2/c1-13-4-5-16(22-9-13)18(25)23-8-2-3-15(23)6-7-21-17(24)14-10-19-12-20-11-14/h4-5,9-12,15H,2-3,6-8H2,1H3,(H,21,24)/t15-/m1/s1. The fourth-order valence-electron chi connectivity index (χ4n) is 3.02. The van der Waals surface area contributed by atoms with Crippen LogP contribution in [0.3, 0.4) is 0 Å². The molecule has 0 aromatic carbocycles. The largest absolute Gasteiger partial charge is 0.352 e. The normalized spacial score (nSPS) is 16.7. The maximum atomic E-state index is 12.6. The molecule has 1 aliphatic rings. The average molecular weight is 339 g/mol. The number of hydrogen-bond acceptors (Lipinski definition) is 5. The average Bonchev–Trinajstić information content (AvgIpc) is 3.11. The molecule has 0 unspecified atom stereocenters. The highest BCUT2D eigenvalue weighted by Crippen LogP contribution is 2.21. The third kappa shape index (κ3) is 4.17. The molecule has 0 saturated carbocycles. The maximum Gasteiger partial charge on any atom is 0.272 e. The van der Waals surface area contributed by atoms with Gasteiger partial charge in [-0.3, -0.25) is 14.6 Å². The zero-order chi connectivity index (χ0) is 17.6. The zero-order valence-electron chi connectivity index (χ0n) is 14.2. The van der Waals surface area contributed by atoms with Gasteiger partial charge in [-0.1, -0.05) is 6.07 Å². The van der Waals surface area contributed by atoms with Gasteiger partial charge in [0.2, 0.25) is 0 Å². The molecule has 0 aliphatic carbocycles. The third-order valence-electron chi connectivity index (χ3n) is 4.35. The van der Waals surface area contributed by atoms with Crippen LogP contribution in [-0.4, -0.2) is 50.8 Å². The van der Waals surface area contributed by atoms with Gasteiger partial charge in [-0.25, -0.2) is 9.97 Å². The lowest BCUT2D eigenvalue weighted by atomic mass is 10.1. The van der Waals surface area contributed by atoms with Crippen molar-refractivity contribution in [2.75, 3.05) is 13.1 Å². The molecule has 25 heavy (non-hydrogen) atoms. The van der Waals surface area contributed by atoms with Gasteiger partial charge in [0.05, 0.1) is 5.56 Å². The Morgan fingerprint density at radius 3 is 2.76 bits per heavy atom. The molecule has 2 amide bonds. The SMILES string of the molecule is Cc1ccc(C(=O)N2CCC[C@@H]2CCNC(=O)c2cncnc2)nc1. The van der Waals surface area contributed by atoms with Crippen molar-refractivity contribution in [2.45, 2.75) is 32.2 Å². The van der Waals surface area contributed by atoms with Crippen molar-refractivity contribution >= 4 is 11.8 Å². The van der Waals surface area contributed by atoms with Crippen LogP contribution in [0.5, 0.6) is 0 Å². The van der Waals surface area contributed by atoms with Gasteiger partial charge in [0, 0.05) is 37.7 Å². The van der Waals surface area contributed by atoms with Crippen molar-refractivity contribution < 1.29 is 9.59 Å². The van der Waals surface area contributed by atoms with Crippen molar-refractivity contribution in [1.82, 2.24) is 25.2 Å². The van der Waals surface area contributed by atoms with Crippen molar-refractivity contribution in [1.29, 1.82) is 0 Å². The van der Waals surface area contributed by atoms with Gasteiger partial charge in [-0.05, 0) is 37.8 Å². The molecule has 3 rings (SSSR count). The van der Waals surface area contributed by atoms with Crippen LogP contribution in [0.1, 0.15) is 45.7 Å². The summed E-state index contributed by atoms with van der Waals surface area (Å²) in [5, 5.41) is 2.86. The first kappa shape index (κ1) is 17.0. The maximum absolute atomic E-state index is 12.6. The Kier molecular flexibility index (Phi) is 5.33. The van der Waals surface area contributed by atoms with Crippen LogP contribution < -0.4 is 5.32 Å². The Labute approximate surface area is 146 Å². The highest BCUT2D eigenvalue weighted by molar-refractivity contribution is 5.93. The second-order valence-corrected chi connectivity index (χ2v) is 6.19. The molecule has 1 aliphatic heterocycles. The first-order chi connectivity index (χ1) is 12.1. The number of amides is 2. The van der Waals surface area contributed by atoms with E-state index in [9.17, 15) is 9.59 Å². The summed E-state index contributed by atoms with van der Waals surface area (Å²) >= 11 is 0. The lowest BCUT2D eigenvalue weighted by molar-refractivity contribution is 0.0724. The van der Waals surface area contributed by atoms with E-state index in [0.29, 0.717) is 17.8 Å². The van der Waals surface area contributed by atoms with E-state index in [-0.39, 0.29) is 17.9 Å².